The zero-order valence-electron chi connectivity index (χ0n) is 9.58. The van der Waals surface area contributed by atoms with Crippen molar-refractivity contribution in [3.8, 4) is 0 Å². The molecule has 2 aromatic rings. The number of nitrogens with zero attached hydrogens (tertiary/aromatic N) is 1. The Bertz CT molecular complexity index is 572. The molecule has 0 saturated heterocycles. The minimum Gasteiger partial charge on any atom is -0.472 e. The number of benzene rings is 1. The van der Waals surface area contributed by atoms with Crippen molar-refractivity contribution < 1.29 is 13.9 Å². The molecule has 90 valence electrons. The highest BCUT2D eigenvalue weighted by Gasteiger charge is 2.29. The molecule has 1 aromatic carbocycles. The molecule has 1 atom stereocenters. The van der Waals surface area contributed by atoms with Crippen LogP contribution < -0.4 is 0 Å². The van der Waals surface area contributed by atoms with Gasteiger partial charge < -0.3 is 9.15 Å². The topological polar surface area (TPSA) is 51.8 Å². The van der Waals surface area contributed by atoms with Crippen molar-refractivity contribution in [2.75, 3.05) is 0 Å². The van der Waals surface area contributed by atoms with Crippen molar-refractivity contribution in [2.24, 2.45) is 4.99 Å². The Balaban J connectivity index is 1.81. The van der Waals surface area contributed by atoms with Gasteiger partial charge in [0.15, 0.2) is 6.04 Å². The largest absolute Gasteiger partial charge is 0.472 e. The zero-order chi connectivity index (χ0) is 12.4. The third-order valence-corrected chi connectivity index (χ3v) is 2.77. The van der Waals surface area contributed by atoms with Crippen molar-refractivity contribution in [2.45, 2.75) is 12.5 Å². The van der Waals surface area contributed by atoms with Crippen molar-refractivity contribution >= 4 is 11.9 Å². The molecular formula is C14H11NO3. The summed E-state index contributed by atoms with van der Waals surface area (Å²) in [6, 6.07) is 10.8. The number of ether oxygens (including phenoxy) is 1. The number of carbonyl (C=O) groups is 1. The molecule has 0 N–H and O–H groups in total. The van der Waals surface area contributed by atoms with Gasteiger partial charge in [-0.1, -0.05) is 18.2 Å². The first-order valence-corrected chi connectivity index (χ1v) is 5.69. The number of hydrogen-bond acceptors (Lipinski definition) is 4. The number of rotatable bonds is 3. The molecule has 1 aromatic heterocycles. The van der Waals surface area contributed by atoms with Gasteiger partial charge in [-0.05, 0) is 23.8 Å². The smallest absolute Gasteiger partial charge is 0.338 e. The third-order valence-electron chi connectivity index (χ3n) is 2.77. The lowest BCUT2D eigenvalue weighted by molar-refractivity contribution is -0.134. The van der Waals surface area contributed by atoms with E-state index in [1.807, 2.05) is 36.4 Å². The number of furan rings is 1. The summed E-state index contributed by atoms with van der Waals surface area (Å²) >= 11 is 0. The van der Waals surface area contributed by atoms with Gasteiger partial charge in [0.05, 0.1) is 12.5 Å². The van der Waals surface area contributed by atoms with Gasteiger partial charge in [0.25, 0.3) is 0 Å². The number of aliphatic imine (C=N–C) groups is 1. The molecule has 4 nitrogen and oxygen atoms in total. The van der Waals surface area contributed by atoms with E-state index in [1.54, 1.807) is 12.5 Å². The summed E-state index contributed by atoms with van der Waals surface area (Å²) in [5.74, 6) is 0.0872. The van der Waals surface area contributed by atoms with E-state index in [1.165, 1.54) is 0 Å². The van der Waals surface area contributed by atoms with Gasteiger partial charge in [0.1, 0.15) is 0 Å². The molecule has 0 fully saturated rings. The second-order valence-corrected chi connectivity index (χ2v) is 4.07. The van der Waals surface area contributed by atoms with Crippen LogP contribution in [-0.4, -0.2) is 17.9 Å². The lowest BCUT2D eigenvalue weighted by Crippen LogP contribution is -2.17. The summed E-state index contributed by atoms with van der Waals surface area (Å²) < 4.78 is 10.2. The van der Waals surface area contributed by atoms with Crippen LogP contribution in [0.2, 0.25) is 0 Å². The second-order valence-electron chi connectivity index (χ2n) is 4.07. The number of esters is 1. The van der Waals surface area contributed by atoms with Gasteiger partial charge in [0, 0.05) is 12.0 Å². The summed E-state index contributed by atoms with van der Waals surface area (Å²) in [7, 11) is 0. The third kappa shape index (κ3) is 2.05. The van der Waals surface area contributed by atoms with Crippen LogP contribution in [0.4, 0.5) is 0 Å². The van der Waals surface area contributed by atoms with Crippen LogP contribution in [0.25, 0.3) is 0 Å². The van der Waals surface area contributed by atoms with Gasteiger partial charge in [-0.25, -0.2) is 9.79 Å². The van der Waals surface area contributed by atoms with Crippen molar-refractivity contribution in [3.63, 3.8) is 0 Å². The number of cyclic esters (lactones) is 1. The van der Waals surface area contributed by atoms with Crippen molar-refractivity contribution in [1.29, 1.82) is 0 Å². The monoisotopic (exact) mass is 241 g/mol. The molecule has 0 bridgehead atoms. The van der Waals surface area contributed by atoms with E-state index in [0.29, 0.717) is 12.3 Å². The SMILES string of the molecule is O=C1OC(c2ccccc2)=N[C@H]1Cc1ccoc1. The van der Waals surface area contributed by atoms with Crippen LogP contribution >= 0.6 is 0 Å². The van der Waals surface area contributed by atoms with Crippen LogP contribution in [0.1, 0.15) is 11.1 Å². The van der Waals surface area contributed by atoms with Crippen LogP contribution in [0.5, 0.6) is 0 Å². The van der Waals surface area contributed by atoms with Gasteiger partial charge >= 0.3 is 5.97 Å². The van der Waals surface area contributed by atoms with Crippen LogP contribution in [-0.2, 0) is 16.0 Å². The van der Waals surface area contributed by atoms with Gasteiger partial charge in [-0.2, -0.15) is 0 Å². The zero-order valence-corrected chi connectivity index (χ0v) is 9.58. The maximum atomic E-state index is 11.7. The predicted octanol–water partition coefficient (Wildman–Crippen LogP) is 2.19. The van der Waals surface area contributed by atoms with E-state index in [4.69, 9.17) is 9.15 Å². The van der Waals surface area contributed by atoms with E-state index < -0.39 is 6.04 Å². The van der Waals surface area contributed by atoms with E-state index in [0.717, 1.165) is 11.1 Å². The fourth-order valence-electron chi connectivity index (χ4n) is 1.86. The minimum atomic E-state index is -0.474. The Morgan fingerprint density at radius 1 is 1.17 bits per heavy atom. The first-order valence-electron chi connectivity index (χ1n) is 5.69. The molecule has 0 aliphatic carbocycles. The molecule has 0 spiro atoms. The highest BCUT2D eigenvalue weighted by molar-refractivity contribution is 6.06. The molecule has 0 amide bonds. The number of hydrogen-bond donors (Lipinski definition) is 0. The highest BCUT2D eigenvalue weighted by atomic mass is 16.6. The maximum absolute atomic E-state index is 11.7. The molecule has 1 aliphatic heterocycles. The molecule has 4 heteroatoms. The molecule has 0 radical (unpaired) electrons. The second kappa shape index (κ2) is 4.49. The lowest BCUT2D eigenvalue weighted by atomic mass is 10.1. The van der Waals surface area contributed by atoms with E-state index in [9.17, 15) is 4.79 Å². The van der Waals surface area contributed by atoms with Gasteiger partial charge in [0.2, 0.25) is 5.90 Å². The van der Waals surface area contributed by atoms with Crippen LogP contribution in [0, 0.1) is 0 Å². The van der Waals surface area contributed by atoms with E-state index in [2.05, 4.69) is 4.99 Å². The summed E-state index contributed by atoms with van der Waals surface area (Å²) in [6.45, 7) is 0. The summed E-state index contributed by atoms with van der Waals surface area (Å²) in [5, 5.41) is 0. The average molecular weight is 241 g/mol. The summed E-state index contributed by atoms with van der Waals surface area (Å²) in [5.41, 5.74) is 1.76. The number of carbonyl (C=O) groups excluding carboxylic acids is 1. The molecule has 3 rings (SSSR count). The van der Waals surface area contributed by atoms with E-state index in [-0.39, 0.29) is 5.97 Å². The molecule has 0 saturated carbocycles. The molecular weight excluding hydrogens is 230 g/mol. The lowest BCUT2D eigenvalue weighted by Gasteiger charge is -1.99. The molecule has 0 unspecified atom stereocenters. The summed E-state index contributed by atoms with van der Waals surface area (Å²) in [4.78, 5) is 16.0. The van der Waals surface area contributed by atoms with Crippen LogP contribution in [0.3, 0.4) is 0 Å². The quantitative estimate of drug-likeness (QED) is 0.774. The van der Waals surface area contributed by atoms with E-state index >= 15 is 0 Å². The Hall–Kier alpha value is -2.36. The summed E-state index contributed by atoms with van der Waals surface area (Å²) in [6.07, 6.45) is 3.70. The normalized spacial score (nSPS) is 18.6. The highest BCUT2D eigenvalue weighted by Crippen LogP contribution is 2.17. The Labute approximate surface area is 104 Å². The first-order chi connectivity index (χ1) is 8.83. The fourth-order valence-corrected chi connectivity index (χ4v) is 1.86. The maximum Gasteiger partial charge on any atom is 0.338 e. The fraction of sp³-hybridized carbons (Fsp3) is 0.143. The van der Waals surface area contributed by atoms with Crippen LogP contribution in [0.15, 0.2) is 58.3 Å². The molecule has 2 heterocycles. The minimum absolute atomic E-state index is 0.310. The Morgan fingerprint density at radius 3 is 2.72 bits per heavy atom. The standard InChI is InChI=1S/C14H11NO3/c16-14-12(8-10-6-7-17-9-10)15-13(18-14)11-4-2-1-3-5-11/h1-7,9,12H,8H2/t12-/m0/s1. The Morgan fingerprint density at radius 2 is 2.00 bits per heavy atom. The van der Waals surface area contributed by atoms with Gasteiger partial charge in [-0.15, -0.1) is 0 Å². The van der Waals surface area contributed by atoms with Crippen molar-refractivity contribution in [3.05, 3.63) is 60.1 Å². The average Bonchev–Trinajstić information content (AvgIpc) is 3.02. The molecule has 18 heavy (non-hydrogen) atoms. The Kier molecular flexibility index (Phi) is 2.68. The molecule has 1 aliphatic rings. The van der Waals surface area contributed by atoms with Crippen molar-refractivity contribution in [1.82, 2.24) is 0 Å². The van der Waals surface area contributed by atoms with Gasteiger partial charge in [-0.3, -0.25) is 0 Å². The predicted molar refractivity (Wildman–Crippen MR) is 65.3 cm³/mol. The first kappa shape index (κ1) is 10.8.